The van der Waals surface area contributed by atoms with Crippen LogP contribution in [0.4, 0.5) is 0 Å². The van der Waals surface area contributed by atoms with Crippen LogP contribution in [0.5, 0.6) is 0 Å². The number of thiol groups is 2. The third kappa shape index (κ3) is 3.23. The van der Waals surface area contributed by atoms with Crippen molar-refractivity contribution in [2.24, 2.45) is 0 Å². The number of hydrogen-bond donors (Lipinski definition) is 2. The van der Waals surface area contributed by atoms with Crippen LogP contribution in [-0.2, 0) is 5.41 Å². The minimum absolute atomic E-state index is 0.0754. The second kappa shape index (κ2) is 5.84. The van der Waals surface area contributed by atoms with E-state index in [9.17, 15) is 0 Å². The van der Waals surface area contributed by atoms with E-state index >= 15 is 0 Å². The molecule has 0 aliphatic carbocycles. The van der Waals surface area contributed by atoms with E-state index in [1.54, 1.807) is 0 Å². The average Bonchev–Trinajstić information content (AvgIpc) is 2.35. The molecule has 0 bridgehead atoms. The van der Waals surface area contributed by atoms with Gasteiger partial charge in [-0.25, -0.2) is 0 Å². The van der Waals surface area contributed by atoms with Gasteiger partial charge in [0, 0.05) is 24.2 Å². The Morgan fingerprint density at radius 2 is 1.16 bits per heavy atom. The predicted molar refractivity (Wildman–Crippen MR) is 94.9 cm³/mol. The Hall–Kier alpha value is 0.1000. The highest BCUT2D eigenvalue weighted by Gasteiger charge is 2.24. The molecule has 0 radical (unpaired) electrons. The summed E-state index contributed by atoms with van der Waals surface area (Å²) in [5.41, 5.74) is 2.42. The molecule has 0 spiro atoms. The average molecular weight is 418 g/mol. The lowest BCUT2D eigenvalue weighted by Gasteiger charge is -2.27. The molecule has 0 atom stereocenters. The van der Waals surface area contributed by atoms with Crippen molar-refractivity contribution in [3.8, 4) is 0 Å². The SMILES string of the molecule is CC(C)(c1ccc(S)c(Br)c1)c1ccc(S)c(Br)c1. The van der Waals surface area contributed by atoms with E-state index in [2.05, 4.69) is 95.2 Å². The Balaban J connectivity index is 2.51. The first kappa shape index (κ1) is 15.5. The van der Waals surface area contributed by atoms with E-state index in [1.165, 1.54) is 11.1 Å². The van der Waals surface area contributed by atoms with E-state index in [1.807, 2.05) is 12.1 Å². The van der Waals surface area contributed by atoms with Crippen LogP contribution in [0.1, 0.15) is 25.0 Å². The smallest absolute Gasteiger partial charge is 0.0311 e. The fraction of sp³-hybridized carbons (Fsp3) is 0.200. The van der Waals surface area contributed by atoms with Crippen molar-refractivity contribution < 1.29 is 0 Å². The van der Waals surface area contributed by atoms with Crippen molar-refractivity contribution >= 4 is 57.1 Å². The first-order chi connectivity index (χ1) is 8.82. The molecule has 0 fully saturated rings. The maximum atomic E-state index is 4.39. The van der Waals surface area contributed by atoms with Gasteiger partial charge < -0.3 is 0 Å². The summed E-state index contributed by atoms with van der Waals surface area (Å²) < 4.78 is 2.04. The maximum Gasteiger partial charge on any atom is 0.0311 e. The molecule has 2 rings (SSSR count). The summed E-state index contributed by atoms with van der Waals surface area (Å²) >= 11 is 15.9. The minimum atomic E-state index is -0.0754. The van der Waals surface area contributed by atoms with Gasteiger partial charge in [-0.05, 0) is 67.3 Å². The standard InChI is InChI=1S/C15H14Br2S2/c1-15(2,9-3-5-13(18)11(16)7-9)10-4-6-14(19)12(17)8-10/h3-8,18-19H,1-2H3. The molecule has 0 aliphatic rings. The molecular formula is C15H14Br2S2. The summed E-state index contributed by atoms with van der Waals surface area (Å²) in [4.78, 5) is 1.90. The van der Waals surface area contributed by atoms with E-state index < -0.39 is 0 Å². The normalized spacial score (nSPS) is 11.7. The van der Waals surface area contributed by atoms with E-state index in [0.717, 1.165) is 18.7 Å². The zero-order valence-corrected chi connectivity index (χ0v) is 15.6. The van der Waals surface area contributed by atoms with Crippen molar-refractivity contribution in [3.05, 3.63) is 56.5 Å². The molecule has 2 aromatic carbocycles. The van der Waals surface area contributed by atoms with Gasteiger partial charge in [0.05, 0.1) is 0 Å². The number of rotatable bonds is 2. The first-order valence-electron chi connectivity index (χ1n) is 5.80. The van der Waals surface area contributed by atoms with Gasteiger partial charge >= 0.3 is 0 Å². The van der Waals surface area contributed by atoms with Crippen LogP contribution in [0.2, 0.25) is 0 Å². The third-order valence-corrected chi connectivity index (χ3v) is 6.04. The zero-order chi connectivity index (χ0) is 14.2. The van der Waals surface area contributed by atoms with Crippen LogP contribution in [0, 0.1) is 0 Å². The highest BCUT2D eigenvalue weighted by Crippen LogP contribution is 2.36. The lowest BCUT2D eigenvalue weighted by atomic mass is 9.78. The van der Waals surface area contributed by atoms with Gasteiger partial charge in [0.2, 0.25) is 0 Å². The Kier molecular flexibility index (Phi) is 4.76. The molecule has 0 heterocycles. The molecule has 0 aliphatic heterocycles. The molecule has 0 aromatic heterocycles. The van der Waals surface area contributed by atoms with Gasteiger partial charge in [-0.15, -0.1) is 25.3 Å². The summed E-state index contributed by atoms with van der Waals surface area (Å²) in [7, 11) is 0. The summed E-state index contributed by atoms with van der Waals surface area (Å²) in [6.45, 7) is 4.43. The zero-order valence-electron chi connectivity index (χ0n) is 10.6. The molecule has 100 valence electrons. The monoisotopic (exact) mass is 416 g/mol. The summed E-state index contributed by atoms with van der Waals surface area (Å²) in [6, 6.07) is 12.5. The fourth-order valence-corrected chi connectivity index (χ4v) is 2.99. The Bertz CT molecular complexity index is 568. The molecule has 4 heteroatoms. The summed E-state index contributed by atoms with van der Waals surface area (Å²) in [5, 5.41) is 0. The Morgan fingerprint density at radius 3 is 1.47 bits per heavy atom. The van der Waals surface area contributed by atoms with Gasteiger partial charge in [-0.3, -0.25) is 0 Å². The van der Waals surface area contributed by atoms with Crippen LogP contribution >= 0.6 is 57.1 Å². The second-order valence-corrected chi connectivity index (χ2v) is 7.63. The van der Waals surface area contributed by atoms with Crippen molar-refractivity contribution in [2.45, 2.75) is 29.1 Å². The Labute approximate surface area is 142 Å². The highest BCUT2D eigenvalue weighted by atomic mass is 79.9. The van der Waals surface area contributed by atoms with Gasteiger partial charge in [0.1, 0.15) is 0 Å². The van der Waals surface area contributed by atoms with Crippen molar-refractivity contribution in [1.82, 2.24) is 0 Å². The lowest BCUT2D eigenvalue weighted by molar-refractivity contribution is 0.638. The summed E-state index contributed by atoms with van der Waals surface area (Å²) in [5.74, 6) is 0. The molecule has 19 heavy (non-hydrogen) atoms. The quantitative estimate of drug-likeness (QED) is 0.540. The van der Waals surface area contributed by atoms with E-state index in [-0.39, 0.29) is 5.41 Å². The second-order valence-electron chi connectivity index (χ2n) is 4.96. The van der Waals surface area contributed by atoms with Crippen molar-refractivity contribution in [3.63, 3.8) is 0 Å². The topological polar surface area (TPSA) is 0 Å². The minimum Gasteiger partial charge on any atom is -0.142 e. The first-order valence-corrected chi connectivity index (χ1v) is 8.28. The third-order valence-electron chi connectivity index (χ3n) is 3.34. The summed E-state index contributed by atoms with van der Waals surface area (Å²) in [6.07, 6.45) is 0. The van der Waals surface area contributed by atoms with E-state index in [0.29, 0.717) is 0 Å². The maximum absolute atomic E-state index is 4.39. The van der Waals surface area contributed by atoms with Crippen molar-refractivity contribution in [2.75, 3.05) is 0 Å². The molecule has 0 nitrogen and oxygen atoms in total. The molecule has 0 unspecified atom stereocenters. The van der Waals surface area contributed by atoms with Crippen LogP contribution in [0.15, 0.2) is 55.1 Å². The molecule has 0 amide bonds. The highest BCUT2D eigenvalue weighted by molar-refractivity contribution is 9.10. The van der Waals surface area contributed by atoms with Crippen LogP contribution in [0.3, 0.4) is 0 Å². The molecule has 2 aromatic rings. The molecule has 0 saturated heterocycles. The van der Waals surface area contributed by atoms with Crippen molar-refractivity contribution in [1.29, 1.82) is 0 Å². The lowest BCUT2D eigenvalue weighted by Crippen LogP contribution is -2.19. The van der Waals surface area contributed by atoms with Gasteiger partial charge in [-0.2, -0.15) is 0 Å². The van der Waals surface area contributed by atoms with Crippen LogP contribution < -0.4 is 0 Å². The number of hydrogen-bond acceptors (Lipinski definition) is 2. The van der Waals surface area contributed by atoms with Gasteiger partial charge in [-0.1, -0.05) is 26.0 Å². The van der Waals surface area contributed by atoms with Gasteiger partial charge in [0.25, 0.3) is 0 Å². The van der Waals surface area contributed by atoms with E-state index in [4.69, 9.17) is 0 Å². The van der Waals surface area contributed by atoms with Crippen LogP contribution in [0.25, 0.3) is 0 Å². The largest absolute Gasteiger partial charge is 0.142 e. The molecule has 0 N–H and O–H groups in total. The predicted octanol–water partition coefficient (Wildman–Crippen LogP) is 6.11. The molecular weight excluding hydrogens is 404 g/mol. The van der Waals surface area contributed by atoms with Crippen LogP contribution in [-0.4, -0.2) is 0 Å². The fourth-order valence-electron chi connectivity index (χ4n) is 1.96. The number of halogens is 2. The Morgan fingerprint density at radius 1 is 0.789 bits per heavy atom. The van der Waals surface area contributed by atoms with Gasteiger partial charge in [0.15, 0.2) is 0 Å². The number of benzene rings is 2. The molecule has 0 saturated carbocycles.